The highest BCUT2D eigenvalue weighted by Crippen LogP contribution is 2.35. The molecular formula is C31H24FN3O3S. The number of thiazole rings is 1. The second-order valence-corrected chi connectivity index (χ2v) is 9.61. The molecule has 2 N–H and O–H groups in total. The van der Waals surface area contributed by atoms with Gasteiger partial charge in [0.1, 0.15) is 12.4 Å². The first-order valence-electron chi connectivity index (χ1n) is 12.2. The maximum atomic E-state index is 14.9. The van der Waals surface area contributed by atoms with Crippen molar-refractivity contribution in [2.24, 2.45) is 0 Å². The number of nitrogens with one attached hydrogen (secondary N) is 1. The van der Waals surface area contributed by atoms with E-state index in [1.165, 1.54) is 17.4 Å². The number of carboxylic acid groups (broad SMARTS) is 1. The molecule has 39 heavy (non-hydrogen) atoms. The van der Waals surface area contributed by atoms with Gasteiger partial charge in [0.05, 0.1) is 17.9 Å². The Labute approximate surface area is 229 Å². The van der Waals surface area contributed by atoms with Gasteiger partial charge in [-0.15, -0.1) is 11.3 Å². The lowest BCUT2D eigenvalue weighted by molar-refractivity contribution is -0.135. The Balaban J connectivity index is 1.39. The Morgan fingerprint density at radius 3 is 2.15 bits per heavy atom. The maximum Gasteiger partial charge on any atom is 0.322 e. The molecule has 1 heterocycles. The standard InChI is InChI=1S/C31H24FN3O3S/c32-26-8-4-5-9-28(26)35(19-21-10-12-25(13-11-21)30(38)33-18-29(36)37)31-34-27(20-39-31)24-16-14-23(15-17-24)22-6-2-1-3-7-22/h1-17,20H,18-19H2,(H,33,38)(H,36,37). The van der Waals surface area contributed by atoms with Crippen molar-refractivity contribution in [1.29, 1.82) is 0 Å². The monoisotopic (exact) mass is 537 g/mol. The van der Waals surface area contributed by atoms with E-state index in [4.69, 9.17) is 10.1 Å². The van der Waals surface area contributed by atoms with E-state index in [-0.39, 0.29) is 5.82 Å². The van der Waals surface area contributed by atoms with Crippen LogP contribution in [0.1, 0.15) is 15.9 Å². The zero-order valence-corrected chi connectivity index (χ0v) is 21.6. The fourth-order valence-electron chi connectivity index (χ4n) is 4.11. The predicted molar refractivity (Wildman–Crippen MR) is 152 cm³/mol. The minimum absolute atomic E-state index is 0.317. The summed E-state index contributed by atoms with van der Waals surface area (Å²) in [6, 6.07) is 31.6. The van der Waals surface area contributed by atoms with Crippen LogP contribution >= 0.6 is 11.3 Å². The van der Waals surface area contributed by atoms with Crippen molar-refractivity contribution < 1.29 is 19.1 Å². The van der Waals surface area contributed by atoms with Gasteiger partial charge >= 0.3 is 5.97 Å². The number of rotatable bonds is 9. The highest BCUT2D eigenvalue weighted by Gasteiger charge is 2.19. The highest BCUT2D eigenvalue weighted by molar-refractivity contribution is 7.14. The molecule has 5 aromatic rings. The number of aromatic nitrogens is 1. The number of anilines is 2. The topological polar surface area (TPSA) is 82.5 Å². The number of para-hydroxylation sites is 1. The number of carbonyl (C=O) groups excluding carboxylic acids is 1. The Morgan fingerprint density at radius 2 is 1.46 bits per heavy atom. The van der Waals surface area contributed by atoms with E-state index in [9.17, 15) is 14.0 Å². The second kappa shape index (κ2) is 11.7. The molecule has 0 aliphatic rings. The van der Waals surface area contributed by atoms with Crippen LogP contribution in [0.3, 0.4) is 0 Å². The summed E-state index contributed by atoms with van der Waals surface area (Å²) < 4.78 is 14.9. The van der Waals surface area contributed by atoms with Crippen molar-refractivity contribution >= 4 is 34.0 Å². The third kappa shape index (κ3) is 6.19. The average Bonchev–Trinajstić information content (AvgIpc) is 3.46. The molecule has 0 spiro atoms. The van der Waals surface area contributed by atoms with Crippen LogP contribution < -0.4 is 10.2 Å². The van der Waals surface area contributed by atoms with Crippen LogP contribution in [0.4, 0.5) is 15.2 Å². The summed E-state index contributed by atoms with van der Waals surface area (Å²) in [6.07, 6.45) is 0. The van der Waals surface area contributed by atoms with Crippen LogP contribution in [0.25, 0.3) is 22.4 Å². The van der Waals surface area contributed by atoms with Crippen LogP contribution in [-0.2, 0) is 11.3 Å². The van der Waals surface area contributed by atoms with Gasteiger partial charge in [-0.05, 0) is 41.0 Å². The fraction of sp³-hybridized carbons (Fsp3) is 0.0645. The number of carboxylic acids is 1. The minimum atomic E-state index is -1.12. The minimum Gasteiger partial charge on any atom is -0.480 e. The fourth-order valence-corrected chi connectivity index (χ4v) is 4.96. The zero-order chi connectivity index (χ0) is 27.2. The molecule has 5 rings (SSSR count). The third-order valence-electron chi connectivity index (χ3n) is 6.11. The van der Waals surface area contributed by atoms with E-state index in [2.05, 4.69) is 29.6 Å². The summed E-state index contributed by atoms with van der Waals surface area (Å²) in [4.78, 5) is 29.5. The van der Waals surface area contributed by atoms with Crippen molar-refractivity contribution in [3.05, 3.63) is 125 Å². The third-order valence-corrected chi connectivity index (χ3v) is 6.97. The zero-order valence-electron chi connectivity index (χ0n) is 20.8. The Kier molecular flexibility index (Phi) is 7.75. The SMILES string of the molecule is O=C(O)CNC(=O)c1ccc(CN(c2nc(-c3ccc(-c4ccccc4)cc3)cs2)c2ccccc2F)cc1. The summed E-state index contributed by atoms with van der Waals surface area (Å²) in [6.45, 7) is -0.138. The maximum absolute atomic E-state index is 14.9. The normalized spacial score (nSPS) is 10.7. The number of hydrogen-bond acceptors (Lipinski definition) is 5. The van der Waals surface area contributed by atoms with Gasteiger partial charge in [0, 0.05) is 16.5 Å². The first-order valence-corrected chi connectivity index (χ1v) is 13.1. The van der Waals surface area contributed by atoms with Crippen molar-refractivity contribution in [1.82, 2.24) is 10.3 Å². The van der Waals surface area contributed by atoms with Gasteiger partial charge in [0.2, 0.25) is 0 Å². The summed E-state index contributed by atoms with van der Waals surface area (Å²) in [5.41, 5.74) is 5.57. The number of amides is 1. The summed E-state index contributed by atoms with van der Waals surface area (Å²) >= 11 is 1.42. The molecule has 0 bridgehead atoms. The molecular weight excluding hydrogens is 513 g/mol. The number of benzene rings is 4. The number of aliphatic carboxylic acids is 1. The number of nitrogens with zero attached hydrogens (tertiary/aromatic N) is 2. The van der Waals surface area contributed by atoms with E-state index in [1.807, 2.05) is 35.7 Å². The molecule has 1 amide bonds. The molecule has 0 aliphatic heterocycles. The van der Waals surface area contributed by atoms with E-state index in [0.29, 0.717) is 22.9 Å². The quantitative estimate of drug-likeness (QED) is 0.217. The van der Waals surface area contributed by atoms with Crippen LogP contribution in [0.2, 0.25) is 0 Å². The molecule has 1 aromatic heterocycles. The van der Waals surface area contributed by atoms with Crippen molar-refractivity contribution in [2.45, 2.75) is 6.54 Å². The van der Waals surface area contributed by atoms with Gasteiger partial charge in [-0.2, -0.15) is 0 Å². The lowest BCUT2D eigenvalue weighted by atomic mass is 10.0. The first kappa shape index (κ1) is 25.8. The number of carbonyl (C=O) groups is 2. The molecule has 0 saturated carbocycles. The van der Waals surface area contributed by atoms with Crippen molar-refractivity contribution in [3.63, 3.8) is 0 Å². The molecule has 6 nitrogen and oxygen atoms in total. The molecule has 194 valence electrons. The molecule has 0 aliphatic carbocycles. The molecule has 0 saturated heterocycles. The number of halogens is 1. The highest BCUT2D eigenvalue weighted by atomic mass is 32.1. The number of hydrogen-bond donors (Lipinski definition) is 2. The van der Waals surface area contributed by atoms with Crippen molar-refractivity contribution in [2.75, 3.05) is 11.4 Å². The molecule has 8 heteroatoms. The van der Waals surface area contributed by atoms with Gasteiger partial charge in [-0.3, -0.25) is 9.59 Å². The molecule has 0 fully saturated rings. The van der Waals surface area contributed by atoms with E-state index in [1.54, 1.807) is 47.4 Å². The van der Waals surface area contributed by atoms with E-state index < -0.39 is 18.4 Å². The van der Waals surface area contributed by atoms with Gasteiger partial charge in [-0.1, -0.05) is 78.9 Å². The van der Waals surface area contributed by atoms with Gasteiger partial charge in [0.15, 0.2) is 5.13 Å². The van der Waals surface area contributed by atoms with Crippen LogP contribution in [0.15, 0.2) is 109 Å². The second-order valence-electron chi connectivity index (χ2n) is 8.77. The smallest absolute Gasteiger partial charge is 0.322 e. The summed E-state index contributed by atoms with van der Waals surface area (Å²) in [5.74, 6) is -1.96. The Morgan fingerprint density at radius 1 is 0.821 bits per heavy atom. The van der Waals surface area contributed by atoms with Gasteiger partial charge in [-0.25, -0.2) is 9.37 Å². The molecule has 4 aromatic carbocycles. The lowest BCUT2D eigenvalue weighted by Crippen LogP contribution is -2.29. The summed E-state index contributed by atoms with van der Waals surface area (Å²) in [5, 5.41) is 13.7. The molecule has 0 atom stereocenters. The largest absolute Gasteiger partial charge is 0.480 e. The van der Waals surface area contributed by atoms with Crippen LogP contribution in [-0.4, -0.2) is 28.5 Å². The average molecular weight is 538 g/mol. The van der Waals surface area contributed by atoms with Gasteiger partial charge < -0.3 is 15.3 Å². The van der Waals surface area contributed by atoms with Crippen molar-refractivity contribution in [3.8, 4) is 22.4 Å². The molecule has 0 unspecified atom stereocenters. The summed E-state index contributed by atoms with van der Waals surface area (Å²) in [7, 11) is 0. The van der Waals surface area contributed by atoms with Crippen LogP contribution in [0.5, 0.6) is 0 Å². The Hall–Kier alpha value is -4.82. The molecule has 0 radical (unpaired) electrons. The Bertz CT molecular complexity index is 1590. The van der Waals surface area contributed by atoms with Gasteiger partial charge in [0.25, 0.3) is 5.91 Å². The lowest BCUT2D eigenvalue weighted by Gasteiger charge is -2.23. The first-order chi connectivity index (χ1) is 19.0. The van der Waals surface area contributed by atoms with Crippen LogP contribution in [0, 0.1) is 5.82 Å². The van der Waals surface area contributed by atoms with E-state index >= 15 is 0 Å². The van der Waals surface area contributed by atoms with E-state index in [0.717, 1.165) is 27.9 Å². The predicted octanol–water partition coefficient (Wildman–Crippen LogP) is 6.77.